The van der Waals surface area contributed by atoms with Gasteiger partial charge in [-0.3, -0.25) is 0 Å². The molecule has 0 saturated heterocycles. The molecule has 0 amide bonds. The van der Waals surface area contributed by atoms with Crippen molar-refractivity contribution < 1.29 is 14.3 Å². The number of ether oxygens (including phenoxy) is 1. The van der Waals surface area contributed by atoms with E-state index in [-0.39, 0.29) is 6.10 Å². The number of hydrogen-bond donors (Lipinski definition) is 1. The van der Waals surface area contributed by atoms with Gasteiger partial charge in [0.05, 0.1) is 33.9 Å². The molecule has 112 valence electrons. The van der Waals surface area contributed by atoms with Crippen molar-refractivity contribution in [2.24, 2.45) is 23.2 Å². The first-order valence-corrected chi connectivity index (χ1v) is 7.73. The second-order valence-corrected chi connectivity index (χ2v) is 8.40. The van der Waals surface area contributed by atoms with Gasteiger partial charge in [0, 0.05) is 0 Å². The average Bonchev–Trinajstić information content (AvgIpc) is 2.60. The summed E-state index contributed by atoms with van der Waals surface area (Å²) in [6, 6.07) is 0. The number of fused-ring (bicyclic) bond motifs is 2. The van der Waals surface area contributed by atoms with E-state index in [9.17, 15) is 5.11 Å². The highest BCUT2D eigenvalue weighted by molar-refractivity contribution is 5.06. The fraction of sp³-hybridized carbons (Fsp3) is 1.00. The molecule has 0 aliphatic heterocycles. The first-order chi connectivity index (χ1) is 8.63. The van der Waals surface area contributed by atoms with Gasteiger partial charge >= 0.3 is 0 Å². The van der Waals surface area contributed by atoms with E-state index >= 15 is 0 Å². The van der Waals surface area contributed by atoms with E-state index in [1.54, 1.807) is 0 Å². The van der Waals surface area contributed by atoms with Crippen LogP contribution in [0.15, 0.2) is 0 Å². The van der Waals surface area contributed by atoms with E-state index in [4.69, 9.17) is 4.74 Å². The fourth-order valence-electron chi connectivity index (χ4n) is 4.68. The number of aliphatic hydroxyl groups is 1. The highest BCUT2D eigenvalue weighted by Gasteiger charge is 2.57. The molecule has 0 aromatic carbocycles. The summed E-state index contributed by atoms with van der Waals surface area (Å²) in [5, 5.41) is 10.1. The Hall–Kier alpha value is -0.120. The van der Waals surface area contributed by atoms with E-state index in [0.29, 0.717) is 30.0 Å². The summed E-state index contributed by atoms with van der Waals surface area (Å²) < 4.78 is 6.91. The standard InChI is InChI=1S/C16H32NO2/c1-11-13-7-8-14(16(13,2)3)15(11)19-10-12(18)9-17(4,5)6/h11-15,18H,7-10H2,1-6H3/q+1/t11-,12-,13+,14+,15-/m0/s1. The molecule has 0 aromatic rings. The molecule has 1 N–H and O–H groups in total. The molecule has 2 aliphatic carbocycles. The minimum atomic E-state index is -0.352. The minimum Gasteiger partial charge on any atom is -0.385 e. The quantitative estimate of drug-likeness (QED) is 0.776. The molecule has 5 atom stereocenters. The Morgan fingerprint density at radius 3 is 2.26 bits per heavy atom. The zero-order valence-corrected chi connectivity index (χ0v) is 13.5. The van der Waals surface area contributed by atoms with Gasteiger partial charge in [-0.2, -0.15) is 0 Å². The lowest BCUT2D eigenvalue weighted by Gasteiger charge is -2.31. The van der Waals surface area contributed by atoms with Gasteiger partial charge in [0.15, 0.2) is 0 Å². The Kier molecular flexibility index (Phi) is 4.03. The molecule has 19 heavy (non-hydrogen) atoms. The molecular weight excluding hydrogens is 238 g/mol. The van der Waals surface area contributed by atoms with E-state index in [1.165, 1.54) is 12.8 Å². The summed E-state index contributed by atoms with van der Waals surface area (Å²) in [6.07, 6.45) is 2.67. The van der Waals surface area contributed by atoms with Gasteiger partial charge in [-0.05, 0) is 36.0 Å². The number of aliphatic hydroxyl groups excluding tert-OH is 1. The number of rotatable bonds is 5. The molecule has 0 aromatic heterocycles. The molecular formula is C16H32NO2+. The second-order valence-electron chi connectivity index (χ2n) is 8.40. The highest BCUT2D eigenvalue weighted by atomic mass is 16.5. The van der Waals surface area contributed by atoms with Crippen LogP contribution in [-0.2, 0) is 4.74 Å². The Labute approximate surface area is 118 Å². The number of nitrogens with zero attached hydrogens (tertiary/aromatic N) is 1. The molecule has 2 saturated carbocycles. The zero-order valence-electron chi connectivity index (χ0n) is 13.5. The summed E-state index contributed by atoms with van der Waals surface area (Å²) in [7, 11) is 6.31. The maximum atomic E-state index is 10.1. The lowest BCUT2D eigenvalue weighted by molar-refractivity contribution is -0.873. The van der Waals surface area contributed by atoms with Crippen LogP contribution >= 0.6 is 0 Å². The number of quaternary nitrogens is 1. The van der Waals surface area contributed by atoms with Crippen LogP contribution in [-0.4, -0.2) is 56.1 Å². The van der Waals surface area contributed by atoms with Crippen molar-refractivity contribution in [2.75, 3.05) is 34.3 Å². The molecule has 0 heterocycles. The van der Waals surface area contributed by atoms with Crippen LogP contribution in [0.3, 0.4) is 0 Å². The van der Waals surface area contributed by atoms with Gasteiger partial charge in [0.2, 0.25) is 0 Å². The molecule has 3 nitrogen and oxygen atoms in total. The number of likely N-dealkylation sites (N-methyl/N-ethyl adjacent to an activating group) is 1. The number of hydrogen-bond acceptors (Lipinski definition) is 2. The molecule has 2 rings (SSSR count). The highest BCUT2D eigenvalue weighted by Crippen LogP contribution is 2.60. The van der Waals surface area contributed by atoms with Crippen LogP contribution in [0.4, 0.5) is 0 Å². The average molecular weight is 270 g/mol. The van der Waals surface area contributed by atoms with Crippen molar-refractivity contribution in [2.45, 2.75) is 45.8 Å². The van der Waals surface area contributed by atoms with Gasteiger partial charge in [-0.1, -0.05) is 20.8 Å². The Morgan fingerprint density at radius 1 is 1.21 bits per heavy atom. The minimum absolute atomic E-state index is 0.352. The van der Waals surface area contributed by atoms with Crippen molar-refractivity contribution in [1.82, 2.24) is 0 Å². The first-order valence-electron chi connectivity index (χ1n) is 7.73. The topological polar surface area (TPSA) is 29.5 Å². The Balaban J connectivity index is 1.88. The maximum absolute atomic E-state index is 10.1. The maximum Gasteiger partial charge on any atom is 0.126 e. The van der Waals surface area contributed by atoms with Crippen LogP contribution < -0.4 is 0 Å². The largest absolute Gasteiger partial charge is 0.385 e. The molecule has 3 heteroatoms. The predicted molar refractivity (Wildman–Crippen MR) is 77.8 cm³/mol. The summed E-state index contributed by atoms with van der Waals surface area (Å²) in [5.74, 6) is 2.13. The third-order valence-electron chi connectivity index (χ3n) is 5.49. The fourth-order valence-corrected chi connectivity index (χ4v) is 4.68. The van der Waals surface area contributed by atoms with Crippen molar-refractivity contribution in [3.8, 4) is 0 Å². The van der Waals surface area contributed by atoms with Crippen LogP contribution in [0.5, 0.6) is 0 Å². The summed E-state index contributed by atoms with van der Waals surface area (Å²) in [4.78, 5) is 0. The van der Waals surface area contributed by atoms with E-state index in [0.717, 1.165) is 16.9 Å². The van der Waals surface area contributed by atoms with Crippen molar-refractivity contribution >= 4 is 0 Å². The van der Waals surface area contributed by atoms with E-state index in [1.807, 2.05) is 0 Å². The van der Waals surface area contributed by atoms with Crippen molar-refractivity contribution in [3.63, 3.8) is 0 Å². The Bertz CT molecular complexity index is 321. The molecule has 2 bridgehead atoms. The van der Waals surface area contributed by atoms with E-state index in [2.05, 4.69) is 41.9 Å². The van der Waals surface area contributed by atoms with Gasteiger partial charge in [0.25, 0.3) is 0 Å². The Morgan fingerprint density at radius 2 is 1.79 bits per heavy atom. The lowest BCUT2D eigenvalue weighted by atomic mass is 9.80. The van der Waals surface area contributed by atoms with Gasteiger partial charge in [0.1, 0.15) is 12.6 Å². The molecule has 2 fully saturated rings. The van der Waals surface area contributed by atoms with Crippen molar-refractivity contribution in [3.05, 3.63) is 0 Å². The molecule has 0 radical (unpaired) electrons. The van der Waals surface area contributed by atoms with Crippen LogP contribution in [0, 0.1) is 23.2 Å². The van der Waals surface area contributed by atoms with E-state index < -0.39 is 0 Å². The predicted octanol–water partition coefficient (Wildman–Crippen LogP) is 2.14. The summed E-state index contributed by atoms with van der Waals surface area (Å²) >= 11 is 0. The zero-order chi connectivity index (χ0) is 14.4. The molecule has 2 aliphatic rings. The van der Waals surface area contributed by atoms with Crippen LogP contribution in [0.25, 0.3) is 0 Å². The third-order valence-corrected chi connectivity index (χ3v) is 5.49. The second kappa shape index (κ2) is 5.01. The normalized spacial score (nSPS) is 38.7. The van der Waals surface area contributed by atoms with Gasteiger partial charge < -0.3 is 14.3 Å². The monoisotopic (exact) mass is 270 g/mol. The summed E-state index contributed by atoms with van der Waals surface area (Å²) in [6.45, 7) is 8.38. The third kappa shape index (κ3) is 2.98. The summed E-state index contributed by atoms with van der Waals surface area (Å²) in [5.41, 5.74) is 0.426. The molecule has 0 spiro atoms. The van der Waals surface area contributed by atoms with Gasteiger partial charge in [-0.15, -0.1) is 0 Å². The molecule has 0 unspecified atom stereocenters. The first kappa shape index (κ1) is 15.3. The lowest BCUT2D eigenvalue weighted by Crippen LogP contribution is -2.44. The van der Waals surface area contributed by atoms with Crippen LogP contribution in [0.2, 0.25) is 0 Å². The smallest absolute Gasteiger partial charge is 0.126 e. The SMILES string of the molecule is C[C@@H]1[C@H](OC[C@@H](O)C[N+](C)(C)C)[C@H]2CC[C@H]1C2(C)C. The van der Waals surface area contributed by atoms with Crippen LogP contribution in [0.1, 0.15) is 33.6 Å². The van der Waals surface area contributed by atoms with Crippen molar-refractivity contribution in [1.29, 1.82) is 0 Å². The van der Waals surface area contributed by atoms with Gasteiger partial charge in [-0.25, -0.2) is 0 Å².